The van der Waals surface area contributed by atoms with Crippen LogP contribution >= 0.6 is 0 Å². The van der Waals surface area contributed by atoms with Gasteiger partial charge in [-0.15, -0.1) is 0 Å². The molecule has 0 aromatic heterocycles. The molecule has 0 saturated carbocycles. The van der Waals surface area contributed by atoms with Gasteiger partial charge in [0, 0.05) is 6.54 Å². The van der Waals surface area contributed by atoms with Crippen LogP contribution in [0, 0.1) is 5.41 Å². The lowest BCUT2D eigenvalue weighted by atomic mass is 9.92. The van der Waals surface area contributed by atoms with Crippen molar-refractivity contribution in [3.63, 3.8) is 0 Å². The minimum atomic E-state index is -0.0250. The molecule has 0 fully saturated rings. The molecule has 1 N–H and O–H groups in total. The van der Waals surface area contributed by atoms with Gasteiger partial charge in [-0.25, -0.2) is 0 Å². The Labute approximate surface area is 87.2 Å². The summed E-state index contributed by atoms with van der Waals surface area (Å²) in [6, 6.07) is 0. The van der Waals surface area contributed by atoms with Gasteiger partial charge >= 0.3 is 0 Å². The number of ether oxygens (including phenoxy) is 1. The minimum absolute atomic E-state index is 0.0250. The van der Waals surface area contributed by atoms with Crippen LogP contribution in [0.5, 0.6) is 0 Å². The molecule has 0 unspecified atom stereocenters. The highest BCUT2D eigenvalue weighted by Crippen LogP contribution is 2.16. The minimum Gasteiger partial charge on any atom is -0.369 e. The van der Waals surface area contributed by atoms with Crippen molar-refractivity contribution in [2.45, 2.75) is 47.1 Å². The maximum atomic E-state index is 11.2. The van der Waals surface area contributed by atoms with E-state index in [4.69, 9.17) is 4.74 Å². The Morgan fingerprint density at radius 3 is 2.36 bits per heavy atom. The molecule has 0 bridgehead atoms. The molecular weight excluding hydrogens is 178 g/mol. The van der Waals surface area contributed by atoms with Gasteiger partial charge in [0.2, 0.25) is 5.91 Å². The van der Waals surface area contributed by atoms with Gasteiger partial charge in [-0.3, -0.25) is 4.79 Å². The van der Waals surface area contributed by atoms with Gasteiger partial charge in [0.25, 0.3) is 0 Å². The van der Waals surface area contributed by atoms with Gasteiger partial charge in [-0.1, -0.05) is 20.8 Å². The quantitative estimate of drug-likeness (QED) is 0.738. The molecule has 0 aliphatic heterocycles. The van der Waals surface area contributed by atoms with Crippen molar-refractivity contribution in [1.29, 1.82) is 0 Å². The highest BCUT2D eigenvalue weighted by atomic mass is 16.5. The number of rotatable bonds is 5. The summed E-state index contributed by atoms with van der Waals surface area (Å²) in [6.45, 7) is 11.2. The Hall–Kier alpha value is -0.570. The number of carbonyl (C=O) groups excluding carboxylic acids is 1. The molecule has 0 saturated heterocycles. The van der Waals surface area contributed by atoms with E-state index in [0.29, 0.717) is 0 Å². The van der Waals surface area contributed by atoms with Gasteiger partial charge in [0.1, 0.15) is 6.61 Å². The van der Waals surface area contributed by atoms with E-state index < -0.39 is 0 Å². The van der Waals surface area contributed by atoms with Crippen molar-refractivity contribution in [2.24, 2.45) is 5.41 Å². The molecule has 1 amide bonds. The first-order valence-corrected chi connectivity index (χ1v) is 5.19. The zero-order valence-electron chi connectivity index (χ0n) is 10.0. The molecule has 0 aliphatic carbocycles. The van der Waals surface area contributed by atoms with Gasteiger partial charge in [0.15, 0.2) is 0 Å². The zero-order valence-corrected chi connectivity index (χ0v) is 10.0. The first kappa shape index (κ1) is 13.4. The van der Waals surface area contributed by atoms with E-state index in [9.17, 15) is 4.79 Å². The smallest absolute Gasteiger partial charge is 0.246 e. The number of hydrogen-bond donors (Lipinski definition) is 1. The molecule has 0 heterocycles. The number of carbonyl (C=O) groups is 1. The normalized spacial score (nSPS) is 11.9. The van der Waals surface area contributed by atoms with E-state index in [1.54, 1.807) is 0 Å². The third-order valence-electron chi connectivity index (χ3n) is 1.74. The van der Waals surface area contributed by atoms with Crippen LogP contribution in [-0.2, 0) is 9.53 Å². The zero-order chi connectivity index (χ0) is 11.2. The van der Waals surface area contributed by atoms with E-state index in [1.165, 1.54) is 0 Å². The van der Waals surface area contributed by atoms with E-state index in [2.05, 4.69) is 26.1 Å². The molecule has 14 heavy (non-hydrogen) atoms. The summed E-state index contributed by atoms with van der Waals surface area (Å²) in [6.07, 6.45) is 1.10. The Morgan fingerprint density at radius 2 is 1.93 bits per heavy atom. The van der Waals surface area contributed by atoms with Crippen LogP contribution in [0.3, 0.4) is 0 Å². The van der Waals surface area contributed by atoms with Crippen molar-refractivity contribution < 1.29 is 9.53 Å². The van der Waals surface area contributed by atoms with Crippen molar-refractivity contribution in [3.8, 4) is 0 Å². The molecule has 3 nitrogen and oxygen atoms in total. The Balaban J connectivity index is 3.46. The lowest BCUT2D eigenvalue weighted by Gasteiger charge is -2.18. The Morgan fingerprint density at radius 1 is 1.36 bits per heavy atom. The van der Waals surface area contributed by atoms with Crippen LogP contribution in [0.2, 0.25) is 0 Å². The fraction of sp³-hybridized carbons (Fsp3) is 0.909. The lowest BCUT2D eigenvalue weighted by molar-refractivity contribution is -0.127. The highest BCUT2D eigenvalue weighted by molar-refractivity contribution is 5.77. The monoisotopic (exact) mass is 201 g/mol. The highest BCUT2D eigenvalue weighted by Gasteiger charge is 2.10. The molecule has 84 valence electrons. The standard InChI is InChI=1S/C11H23NO2/c1-9(2)14-8-10(13)12-7-6-11(3,4)5/h9H,6-8H2,1-5H3,(H,12,13). The average molecular weight is 201 g/mol. The predicted octanol–water partition coefficient (Wildman–Crippen LogP) is 1.96. The van der Waals surface area contributed by atoms with Crippen molar-refractivity contribution in [3.05, 3.63) is 0 Å². The Kier molecular flexibility index (Phi) is 5.77. The molecule has 0 radical (unpaired) electrons. The Bertz CT molecular complexity index is 171. The molecule has 0 atom stereocenters. The number of nitrogens with one attached hydrogen (secondary N) is 1. The topological polar surface area (TPSA) is 38.3 Å². The summed E-state index contributed by atoms with van der Waals surface area (Å²) in [7, 11) is 0. The summed E-state index contributed by atoms with van der Waals surface area (Å²) in [5, 5.41) is 2.83. The predicted molar refractivity (Wildman–Crippen MR) is 58.2 cm³/mol. The van der Waals surface area contributed by atoms with E-state index >= 15 is 0 Å². The summed E-state index contributed by atoms with van der Waals surface area (Å²) >= 11 is 0. The molecule has 0 spiro atoms. The fourth-order valence-electron chi connectivity index (χ4n) is 0.870. The second kappa shape index (κ2) is 6.02. The number of amides is 1. The van der Waals surface area contributed by atoms with Crippen molar-refractivity contribution in [2.75, 3.05) is 13.2 Å². The first-order valence-electron chi connectivity index (χ1n) is 5.19. The summed E-state index contributed by atoms with van der Waals surface area (Å²) in [4.78, 5) is 11.2. The third kappa shape index (κ3) is 9.52. The molecule has 0 aromatic rings. The molecular formula is C11H23NO2. The summed E-state index contributed by atoms with van der Waals surface area (Å²) in [5.74, 6) is -0.0250. The molecule has 0 aliphatic rings. The van der Waals surface area contributed by atoms with Crippen LogP contribution in [0.15, 0.2) is 0 Å². The van der Waals surface area contributed by atoms with Gasteiger partial charge in [-0.05, 0) is 25.7 Å². The SMILES string of the molecule is CC(C)OCC(=O)NCCC(C)(C)C. The largest absolute Gasteiger partial charge is 0.369 e. The first-order chi connectivity index (χ1) is 6.31. The second-order valence-corrected chi connectivity index (χ2v) is 5.02. The van der Waals surface area contributed by atoms with Gasteiger partial charge in [-0.2, -0.15) is 0 Å². The van der Waals surface area contributed by atoms with Crippen LogP contribution in [0.4, 0.5) is 0 Å². The van der Waals surface area contributed by atoms with Crippen molar-refractivity contribution >= 4 is 5.91 Å². The maximum Gasteiger partial charge on any atom is 0.246 e. The van der Waals surface area contributed by atoms with Gasteiger partial charge in [0.05, 0.1) is 6.10 Å². The maximum absolute atomic E-state index is 11.2. The summed E-state index contributed by atoms with van der Waals surface area (Å²) < 4.78 is 5.17. The lowest BCUT2D eigenvalue weighted by Crippen LogP contribution is -2.31. The fourth-order valence-corrected chi connectivity index (χ4v) is 0.870. The van der Waals surface area contributed by atoms with Crippen LogP contribution in [0.25, 0.3) is 0 Å². The van der Waals surface area contributed by atoms with E-state index in [-0.39, 0.29) is 24.0 Å². The molecule has 0 rings (SSSR count). The van der Waals surface area contributed by atoms with E-state index in [0.717, 1.165) is 13.0 Å². The van der Waals surface area contributed by atoms with Crippen molar-refractivity contribution in [1.82, 2.24) is 5.32 Å². The second-order valence-electron chi connectivity index (χ2n) is 5.02. The average Bonchev–Trinajstić information content (AvgIpc) is 1.98. The third-order valence-corrected chi connectivity index (χ3v) is 1.74. The molecule has 3 heteroatoms. The summed E-state index contributed by atoms with van der Waals surface area (Å²) in [5.41, 5.74) is 0.270. The van der Waals surface area contributed by atoms with Gasteiger partial charge < -0.3 is 10.1 Å². The molecule has 0 aromatic carbocycles. The van der Waals surface area contributed by atoms with Crippen LogP contribution in [-0.4, -0.2) is 25.2 Å². The number of hydrogen-bond acceptors (Lipinski definition) is 2. The van der Waals surface area contributed by atoms with Crippen LogP contribution < -0.4 is 5.32 Å². The van der Waals surface area contributed by atoms with Crippen LogP contribution in [0.1, 0.15) is 41.0 Å². The van der Waals surface area contributed by atoms with E-state index in [1.807, 2.05) is 13.8 Å².